The average Bonchev–Trinajstić information content (AvgIpc) is 2.87. The molecule has 0 atom stereocenters. The van der Waals surface area contributed by atoms with Gasteiger partial charge in [-0.15, -0.1) is 0 Å². The molecule has 2 rings (SSSR count). The third-order valence-electron chi connectivity index (χ3n) is 3.49. The molecule has 0 spiro atoms. The van der Waals surface area contributed by atoms with E-state index in [-0.39, 0.29) is 11.9 Å². The highest BCUT2D eigenvalue weighted by Gasteiger charge is 2.14. The van der Waals surface area contributed by atoms with Crippen LogP contribution in [-0.2, 0) is 13.0 Å². The van der Waals surface area contributed by atoms with Crippen LogP contribution in [-0.4, -0.2) is 10.5 Å². The van der Waals surface area contributed by atoms with E-state index >= 15 is 0 Å². The zero-order valence-corrected chi connectivity index (χ0v) is 14.3. The molecule has 0 aliphatic carbocycles. The molecule has 1 N–H and O–H groups in total. The molecule has 112 valence electrons. The molecule has 3 nitrogen and oxygen atoms in total. The van der Waals surface area contributed by atoms with E-state index < -0.39 is 0 Å². The summed E-state index contributed by atoms with van der Waals surface area (Å²) in [5.41, 5.74) is 3.10. The number of hydrogen-bond donors (Lipinski definition) is 1. The average molecular weight is 349 g/mol. The fraction of sp³-hybridized carbons (Fsp3) is 0.353. The predicted molar refractivity (Wildman–Crippen MR) is 89.5 cm³/mol. The van der Waals surface area contributed by atoms with Gasteiger partial charge in [0, 0.05) is 23.3 Å². The van der Waals surface area contributed by atoms with E-state index in [9.17, 15) is 4.79 Å². The van der Waals surface area contributed by atoms with Crippen LogP contribution in [0.3, 0.4) is 0 Å². The fourth-order valence-electron chi connectivity index (χ4n) is 2.22. The summed E-state index contributed by atoms with van der Waals surface area (Å²) in [6, 6.07) is 10.5. The summed E-state index contributed by atoms with van der Waals surface area (Å²) in [5, 5.41) is 2.98. The maximum Gasteiger partial charge on any atom is 0.268 e. The lowest BCUT2D eigenvalue weighted by Crippen LogP contribution is -2.25. The minimum Gasteiger partial charge on any atom is -0.347 e. The SMILES string of the molecule is CCc1ccc(CNC(=O)c2cc(Br)cn2C(C)C)cc1. The number of carbonyl (C=O) groups is 1. The van der Waals surface area contributed by atoms with Crippen LogP contribution >= 0.6 is 15.9 Å². The van der Waals surface area contributed by atoms with Gasteiger partial charge in [0.05, 0.1) is 0 Å². The number of carbonyl (C=O) groups excluding carboxylic acids is 1. The normalized spacial score (nSPS) is 10.9. The van der Waals surface area contributed by atoms with Crippen LogP contribution in [0.15, 0.2) is 41.0 Å². The Morgan fingerprint density at radius 3 is 2.43 bits per heavy atom. The highest BCUT2D eigenvalue weighted by Crippen LogP contribution is 2.19. The van der Waals surface area contributed by atoms with Crippen LogP contribution in [0, 0.1) is 0 Å². The highest BCUT2D eigenvalue weighted by atomic mass is 79.9. The molecule has 21 heavy (non-hydrogen) atoms. The molecule has 0 aliphatic rings. The first kappa shape index (κ1) is 15.8. The van der Waals surface area contributed by atoms with Crippen LogP contribution in [0.4, 0.5) is 0 Å². The summed E-state index contributed by atoms with van der Waals surface area (Å²) >= 11 is 3.43. The molecule has 2 aromatic rings. The van der Waals surface area contributed by atoms with Crippen molar-refractivity contribution in [1.82, 2.24) is 9.88 Å². The maximum absolute atomic E-state index is 12.3. The van der Waals surface area contributed by atoms with Gasteiger partial charge in [0.15, 0.2) is 0 Å². The molecule has 1 aromatic heterocycles. The van der Waals surface area contributed by atoms with E-state index in [0.29, 0.717) is 12.2 Å². The van der Waals surface area contributed by atoms with E-state index in [1.807, 2.05) is 16.8 Å². The smallest absolute Gasteiger partial charge is 0.268 e. The molecule has 0 bridgehead atoms. The van der Waals surface area contributed by atoms with E-state index in [2.05, 4.69) is 66.3 Å². The first-order valence-electron chi connectivity index (χ1n) is 7.24. The lowest BCUT2D eigenvalue weighted by atomic mass is 10.1. The number of nitrogens with zero attached hydrogens (tertiary/aromatic N) is 1. The molecule has 0 unspecified atom stereocenters. The molecule has 0 fully saturated rings. The van der Waals surface area contributed by atoms with Crippen molar-refractivity contribution in [2.24, 2.45) is 0 Å². The molecule has 0 aliphatic heterocycles. The van der Waals surface area contributed by atoms with Crippen molar-refractivity contribution >= 4 is 21.8 Å². The summed E-state index contributed by atoms with van der Waals surface area (Å²) < 4.78 is 2.90. The van der Waals surface area contributed by atoms with Crippen LogP contribution in [0.25, 0.3) is 0 Å². The molecule has 0 saturated heterocycles. The highest BCUT2D eigenvalue weighted by molar-refractivity contribution is 9.10. The van der Waals surface area contributed by atoms with Crippen molar-refractivity contribution in [3.63, 3.8) is 0 Å². The lowest BCUT2D eigenvalue weighted by Gasteiger charge is -2.12. The van der Waals surface area contributed by atoms with Crippen molar-refractivity contribution in [1.29, 1.82) is 0 Å². The number of aromatic nitrogens is 1. The minimum atomic E-state index is -0.0473. The second-order valence-corrected chi connectivity index (χ2v) is 6.31. The van der Waals surface area contributed by atoms with Gasteiger partial charge in [0.2, 0.25) is 0 Å². The monoisotopic (exact) mass is 348 g/mol. The van der Waals surface area contributed by atoms with Gasteiger partial charge < -0.3 is 9.88 Å². The summed E-state index contributed by atoms with van der Waals surface area (Å²) in [4.78, 5) is 12.3. The van der Waals surface area contributed by atoms with E-state index in [4.69, 9.17) is 0 Å². The van der Waals surface area contributed by atoms with Crippen LogP contribution in [0.5, 0.6) is 0 Å². The molecule has 0 radical (unpaired) electrons. The van der Waals surface area contributed by atoms with Gasteiger partial charge in [-0.2, -0.15) is 0 Å². The number of halogens is 1. The van der Waals surface area contributed by atoms with Gasteiger partial charge >= 0.3 is 0 Å². The van der Waals surface area contributed by atoms with Crippen LogP contribution < -0.4 is 5.32 Å². The topological polar surface area (TPSA) is 34.0 Å². The van der Waals surface area contributed by atoms with Gasteiger partial charge in [-0.3, -0.25) is 4.79 Å². The number of rotatable bonds is 5. The van der Waals surface area contributed by atoms with Gasteiger partial charge in [0.25, 0.3) is 5.91 Å². The van der Waals surface area contributed by atoms with Gasteiger partial charge in [-0.25, -0.2) is 0 Å². The number of hydrogen-bond acceptors (Lipinski definition) is 1. The number of aryl methyl sites for hydroxylation is 1. The van der Waals surface area contributed by atoms with Crippen molar-refractivity contribution in [2.75, 3.05) is 0 Å². The van der Waals surface area contributed by atoms with Crippen molar-refractivity contribution in [3.05, 3.63) is 57.8 Å². The van der Waals surface area contributed by atoms with Gasteiger partial charge in [-0.1, -0.05) is 31.2 Å². The largest absolute Gasteiger partial charge is 0.347 e. The zero-order valence-electron chi connectivity index (χ0n) is 12.7. The molecule has 1 amide bonds. The van der Waals surface area contributed by atoms with Crippen LogP contribution in [0.1, 0.15) is 48.4 Å². The fourth-order valence-corrected chi connectivity index (χ4v) is 2.66. The minimum absolute atomic E-state index is 0.0473. The number of nitrogens with one attached hydrogen (secondary N) is 1. The Morgan fingerprint density at radius 1 is 1.24 bits per heavy atom. The molecule has 4 heteroatoms. The van der Waals surface area contributed by atoms with Gasteiger partial charge in [0.1, 0.15) is 5.69 Å². The summed E-state index contributed by atoms with van der Waals surface area (Å²) in [6.45, 7) is 6.80. The van der Waals surface area contributed by atoms with E-state index in [0.717, 1.165) is 16.5 Å². The first-order chi connectivity index (χ1) is 10.0. The molecule has 0 saturated carbocycles. The second-order valence-electron chi connectivity index (χ2n) is 5.40. The predicted octanol–water partition coefficient (Wildman–Crippen LogP) is 4.32. The maximum atomic E-state index is 12.3. The lowest BCUT2D eigenvalue weighted by molar-refractivity contribution is 0.0940. The summed E-state index contributed by atoms with van der Waals surface area (Å²) in [7, 11) is 0. The summed E-state index contributed by atoms with van der Waals surface area (Å²) in [5.74, 6) is -0.0473. The number of amides is 1. The number of benzene rings is 1. The van der Waals surface area contributed by atoms with E-state index in [1.165, 1.54) is 5.56 Å². The second kappa shape index (κ2) is 6.94. The Hall–Kier alpha value is -1.55. The Kier molecular flexibility index (Phi) is 5.23. The van der Waals surface area contributed by atoms with Crippen molar-refractivity contribution < 1.29 is 4.79 Å². The Labute approximate surface area is 134 Å². The quantitative estimate of drug-likeness (QED) is 0.857. The van der Waals surface area contributed by atoms with Gasteiger partial charge in [-0.05, 0) is 53.4 Å². The standard InChI is InChI=1S/C17H21BrN2O/c1-4-13-5-7-14(8-6-13)10-19-17(21)16-9-15(18)11-20(16)12(2)3/h5-9,11-12H,4,10H2,1-3H3,(H,19,21). The molecular weight excluding hydrogens is 328 g/mol. The first-order valence-corrected chi connectivity index (χ1v) is 8.04. The Morgan fingerprint density at radius 2 is 1.86 bits per heavy atom. The Balaban J connectivity index is 2.04. The van der Waals surface area contributed by atoms with Crippen molar-refractivity contribution in [2.45, 2.75) is 39.8 Å². The molecular formula is C17H21BrN2O. The van der Waals surface area contributed by atoms with E-state index in [1.54, 1.807) is 0 Å². The third-order valence-corrected chi connectivity index (χ3v) is 3.92. The van der Waals surface area contributed by atoms with Crippen molar-refractivity contribution in [3.8, 4) is 0 Å². The Bertz CT molecular complexity index is 614. The molecule has 1 aromatic carbocycles. The third kappa shape index (κ3) is 3.97. The summed E-state index contributed by atoms with van der Waals surface area (Å²) in [6.07, 6.45) is 2.97. The van der Waals surface area contributed by atoms with Crippen LogP contribution in [0.2, 0.25) is 0 Å². The zero-order chi connectivity index (χ0) is 15.4. The molecule has 1 heterocycles.